The van der Waals surface area contributed by atoms with Gasteiger partial charge in [0.25, 0.3) is 0 Å². The van der Waals surface area contributed by atoms with Gasteiger partial charge in [0.2, 0.25) is 0 Å². The summed E-state index contributed by atoms with van der Waals surface area (Å²) in [5, 5.41) is 6.21. The Labute approximate surface area is 153 Å². The summed E-state index contributed by atoms with van der Waals surface area (Å²) >= 11 is 0. The van der Waals surface area contributed by atoms with Crippen LogP contribution in [0.4, 0.5) is 0 Å². The van der Waals surface area contributed by atoms with Crippen LogP contribution in [0.25, 0.3) is 0 Å². The first kappa shape index (κ1) is 19.5. The zero-order valence-electron chi connectivity index (χ0n) is 16.1. The molecule has 0 spiro atoms. The van der Waals surface area contributed by atoms with Gasteiger partial charge in [0.1, 0.15) is 11.3 Å². The maximum absolute atomic E-state index is 5.32. The molecular formula is C21H29N2OP. The number of methoxy groups -OCH3 is 1. The third-order valence-electron chi connectivity index (χ3n) is 3.63. The predicted octanol–water partition coefficient (Wildman–Crippen LogP) is 4.20. The Morgan fingerprint density at radius 3 is 1.96 bits per heavy atom. The van der Waals surface area contributed by atoms with Gasteiger partial charge in [-0.3, -0.25) is 4.99 Å². The van der Waals surface area contributed by atoms with Crippen LogP contribution in [-0.4, -0.2) is 24.8 Å². The van der Waals surface area contributed by atoms with Gasteiger partial charge in [0.15, 0.2) is 0 Å². The maximum Gasteiger partial charge on any atom is 0.129 e. The molecule has 0 heterocycles. The quantitative estimate of drug-likeness (QED) is 0.495. The second-order valence-corrected chi connectivity index (χ2v) is 9.17. The van der Waals surface area contributed by atoms with Gasteiger partial charge in [0.05, 0.1) is 7.11 Å². The Hall–Kier alpha value is -1.86. The molecular weight excluding hydrogens is 327 g/mol. The number of aryl methyl sites for hydroxylation is 1. The Balaban J connectivity index is 2.52. The zero-order chi connectivity index (χ0) is 18.4. The van der Waals surface area contributed by atoms with E-state index in [2.05, 4.69) is 76.3 Å². The third-order valence-corrected chi connectivity index (χ3v) is 5.94. The van der Waals surface area contributed by atoms with Crippen LogP contribution >= 0.6 is 7.92 Å². The molecule has 1 atom stereocenters. The van der Waals surface area contributed by atoms with Gasteiger partial charge < -0.3 is 10.1 Å². The molecule has 2 aromatic carbocycles. The van der Waals surface area contributed by atoms with Crippen molar-refractivity contribution in [3.05, 3.63) is 54.1 Å². The molecule has 3 nitrogen and oxygen atoms in total. The van der Waals surface area contributed by atoms with E-state index in [0.29, 0.717) is 0 Å². The molecule has 1 unspecified atom stereocenters. The topological polar surface area (TPSA) is 33.6 Å². The van der Waals surface area contributed by atoms with Gasteiger partial charge in [-0.1, -0.05) is 42.0 Å². The molecule has 0 bridgehead atoms. The molecule has 25 heavy (non-hydrogen) atoms. The lowest BCUT2D eigenvalue weighted by Crippen LogP contribution is -2.42. The SMILES string of the molecule is CCN=C(NC(C)(C)C)P(c1ccc(C)cc1)c1ccc(OC)cc1. The average Bonchev–Trinajstić information content (AvgIpc) is 2.56. The summed E-state index contributed by atoms with van der Waals surface area (Å²) in [6.07, 6.45) is 0. The van der Waals surface area contributed by atoms with Gasteiger partial charge in [-0.2, -0.15) is 0 Å². The summed E-state index contributed by atoms with van der Waals surface area (Å²) in [5.74, 6) is 0.875. The van der Waals surface area contributed by atoms with Gasteiger partial charge in [0, 0.05) is 20.0 Å². The van der Waals surface area contributed by atoms with E-state index in [-0.39, 0.29) is 5.54 Å². The Kier molecular flexibility index (Phi) is 6.61. The molecule has 0 aliphatic rings. The lowest BCUT2D eigenvalue weighted by molar-refractivity contribution is 0.415. The van der Waals surface area contributed by atoms with Crippen molar-refractivity contribution in [1.29, 1.82) is 0 Å². The summed E-state index contributed by atoms with van der Waals surface area (Å²) in [7, 11) is 0.966. The van der Waals surface area contributed by atoms with Crippen LogP contribution in [0, 0.1) is 6.92 Å². The van der Waals surface area contributed by atoms with Crippen molar-refractivity contribution >= 4 is 24.1 Å². The molecule has 0 radical (unpaired) electrons. The Bertz CT molecular complexity index is 700. The fourth-order valence-electron chi connectivity index (χ4n) is 2.47. The third kappa shape index (κ3) is 5.57. The first-order chi connectivity index (χ1) is 11.8. The molecule has 0 aliphatic heterocycles. The molecule has 0 aliphatic carbocycles. The van der Waals surface area contributed by atoms with Crippen LogP contribution < -0.4 is 20.7 Å². The second kappa shape index (κ2) is 8.49. The highest BCUT2D eigenvalue weighted by molar-refractivity contribution is 7.88. The van der Waals surface area contributed by atoms with Crippen LogP contribution in [0.1, 0.15) is 33.3 Å². The Morgan fingerprint density at radius 2 is 1.52 bits per heavy atom. The van der Waals surface area contributed by atoms with Crippen molar-refractivity contribution in [1.82, 2.24) is 5.32 Å². The number of nitrogens with zero attached hydrogens (tertiary/aromatic N) is 1. The summed E-state index contributed by atoms with van der Waals surface area (Å²) in [6.45, 7) is 11.5. The van der Waals surface area contributed by atoms with Crippen molar-refractivity contribution in [2.24, 2.45) is 4.99 Å². The summed E-state index contributed by atoms with van der Waals surface area (Å²) in [6, 6.07) is 17.2. The summed E-state index contributed by atoms with van der Waals surface area (Å²) in [5.41, 5.74) is 2.30. The highest BCUT2D eigenvalue weighted by Crippen LogP contribution is 2.36. The average molecular weight is 356 g/mol. The standard InChI is InChI=1S/C21H29N2OP/c1-7-22-20(23-21(3,4)5)25(18-12-8-16(2)9-13-18)19-14-10-17(24-6)11-15-19/h8-15H,7H2,1-6H3,(H,22,23). The first-order valence-corrected chi connectivity index (χ1v) is 10.0. The van der Waals surface area contributed by atoms with E-state index >= 15 is 0 Å². The largest absolute Gasteiger partial charge is 0.497 e. The lowest BCUT2D eigenvalue weighted by atomic mass is 10.1. The maximum atomic E-state index is 5.32. The number of nitrogens with one attached hydrogen (secondary N) is 1. The number of ether oxygens (including phenoxy) is 1. The fourth-order valence-corrected chi connectivity index (χ4v) is 4.88. The van der Waals surface area contributed by atoms with E-state index in [4.69, 9.17) is 9.73 Å². The molecule has 0 saturated carbocycles. The first-order valence-electron chi connectivity index (χ1n) is 8.67. The van der Waals surface area contributed by atoms with Crippen molar-refractivity contribution in [3.63, 3.8) is 0 Å². The van der Waals surface area contributed by atoms with E-state index in [1.165, 1.54) is 16.2 Å². The smallest absolute Gasteiger partial charge is 0.129 e. The molecule has 0 fully saturated rings. The molecule has 1 N–H and O–H groups in total. The van der Waals surface area contributed by atoms with E-state index in [1.54, 1.807) is 7.11 Å². The van der Waals surface area contributed by atoms with Crippen molar-refractivity contribution in [2.75, 3.05) is 13.7 Å². The summed E-state index contributed by atoms with van der Waals surface area (Å²) < 4.78 is 5.32. The van der Waals surface area contributed by atoms with Gasteiger partial charge in [-0.25, -0.2) is 0 Å². The number of rotatable bonds is 5. The monoisotopic (exact) mass is 356 g/mol. The van der Waals surface area contributed by atoms with E-state index in [1.807, 2.05) is 12.1 Å². The number of hydrogen-bond acceptors (Lipinski definition) is 2. The minimum Gasteiger partial charge on any atom is -0.497 e. The summed E-state index contributed by atoms with van der Waals surface area (Å²) in [4.78, 5) is 4.83. The number of benzene rings is 2. The minimum atomic E-state index is -0.731. The number of aliphatic imine (C=N–C) groups is 1. The molecule has 0 amide bonds. The molecule has 0 aromatic heterocycles. The number of hydrogen-bond donors (Lipinski definition) is 1. The number of amidine groups is 1. The van der Waals surface area contributed by atoms with Crippen LogP contribution in [0.5, 0.6) is 5.75 Å². The molecule has 2 rings (SSSR count). The van der Waals surface area contributed by atoms with Crippen molar-refractivity contribution in [2.45, 2.75) is 40.2 Å². The van der Waals surface area contributed by atoms with Gasteiger partial charge in [-0.15, -0.1) is 0 Å². The molecule has 4 heteroatoms. The van der Waals surface area contributed by atoms with Crippen LogP contribution in [-0.2, 0) is 0 Å². The van der Waals surface area contributed by atoms with Crippen molar-refractivity contribution in [3.8, 4) is 5.75 Å². The van der Waals surface area contributed by atoms with E-state index < -0.39 is 7.92 Å². The van der Waals surface area contributed by atoms with Crippen LogP contribution in [0.15, 0.2) is 53.5 Å². The van der Waals surface area contributed by atoms with Gasteiger partial charge >= 0.3 is 0 Å². The Morgan fingerprint density at radius 1 is 1.00 bits per heavy atom. The molecule has 134 valence electrons. The molecule has 2 aromatic rings. The fraction of sp³-hybridized carbons (Fsp3) is 0.381. The van der Waals surface area contributed by atoms with E-state index in [0.717, 1.165) is 17.9 Å². The van der Waals surface area contributed by atoms with Crippen molar-refractivity contribution < 1.29 is 4.74 Å². The van der Waals surface area contributed by atoms with Gasteiger partial charge in [-0.05, 0) is 57.4 Å². The normalized spacial score (nSPS) is 13.4. The highest BCUT2D eigenvalue weighted by atomic mass is 31.1. The lowest BCUT2D eigenvalue weighted by Gasteiger charge is -2.29. The second-order valence-electron chi connectivity index (χ2n) is 7.04. The molecule has 0 saturated heterocycles. The van der Waals surface area contributed by atoms with Crippen LogP contribution in [0.3, 0.4) is 0 Å². The van der Waals surface area contributed by atoms with Crippen LogP contribution in [0.2, 0.25) is 0 Å². The predicted molar refractivity (Wildman–Crippen MR) is 111 cm³/mol. The minimum absolute atomic E-state index is 0.0360. The highest BCUT2D eigenvalue weighted by Gasteiger charge is 2.24. The zero-order valence-corrected chi connectivity index (χ0v) is 17.0. The van der Waals surface area contributed by atoms with E-state index in [9.17, 15) is 0 Å².